The highest BCUT2D eigenvalue weighted by Crippen LogP contribution is 2.20. The molecule has 1 saturated heterocycles. The summed E-state index contributed by atoms with van der Waals surface area (Å²) in [5.41, 5.74) is 1.69. The minimum atomic E-state index is 0.00673. The van der Waals surface area contributed by atoms with E-state index in [-0.39, 0.29) is 5.91 Å². The lowest BCUT2D eigenvalue weighted by molar-refractivity contribution is 0.0640. The Morgan fingerprint density at radius 3 is 2.92 bits per heavy atom. The molecule has 2 aromatic rings. The molecule has 1 aliphatic rings. The van der Waals surface area contributed by atoms with Crippen LogP contribution in [-0.4, -0.2) is 59.5 Å². The summed E-state index contributed by atoms with van der Waals surface area (Å²) in [4.78, 5) is 25.4. The van der Waals surface area contributed by atoms with Crippen molar-refractivity contribution in [2.45, 2.75) is 19.4 Å². The molecular formula is C20H26N4O2. The van der Waals surface area contributed by atoms with E-state index in [2.05, 4.69) is 28.0 Å². The highest BCUT2D eigenvalue weighted by Gasteiger charge is 2.26. The third kappa shape index (κ3) is 4.79. The maximum absolute atomic E-state index is 12.7. The van der Waals surface area contributed by atoms with Crippen molar-refractivity contribution in [3.05, 3.63) is 54.1 Å². The summed E-state index contributed by atoms with van der Waals surface area (Å²) in [5, 5.41) is 0. The molecule has 0 saturated carbocycles. The van der Waals surface area contributed by atoms with Gasteiger partial charge in [-0.05, 0) is 49.6 Å². The molecule has 1 fully saturated rings. The van der Waals surface area contributed by atoms with Crippen molar-refractivity contribution in [2.75, 3.05) is 33.8 Å². The van der Waals surface area contributed by atoms with Gasteiger partial charge in [0.05, 0.1) is 13.3 Å². The van der Waals surface area contributed by atoms with Gasteiger partial charge in [-0.15, -0.1) is 0 Å². The number of hydrogen-bond acceptors (Lipinski definition) is 5. The SMILES string of the molecule is COc1ccc(C(=O)N2CCCC(CN(C)Cc3cccnc3)C2)nc1. The van der Waals surface area contributed by atoms with E-state index in [9.17, 15) is 4.79 Å². The Balaban J connectivity index is 1.55. The van der Waals surface area contributed by atoms with Crippen LogP contribution in [0.5, 0.6) is 5.75 Å². The van der Waals surface area contributed by atoms with Crippen molar-refractivity contribution in [3.8, 4) is 5.75 Å². The number of carbonyl (C=O) groups excluding carboxylic acids is 1. The van der Waals surface area contributed by atoms with Crippen molar-refractivity contribution in [1.82, 2.24) is 19.8 Å². The predicted octanol–water partition coefficient (Wildman–Crippen LogP) is 2.47. The molecule has 0 spiro atoms. The van der Waals surface area contributed by atoms with Crippen LogP contribution in [0.25, 0.3) is 0 Å². The molecular weight excluding hydrogens is 328 g/mol. The van der Waals surface area contributed by atoms with E-state index < -0.39 is 0 Å². The number of methoxy groups -OCH3 is 1. The maximum Gasteiger partial charge on any atom is 0.272 e. The van der Waals surface area contributed by atoms with Crippen molar-refractivity contribution < 1.29 is 9.53 Å². The van der Waals surface area contributed by atoms with Crippen LogP contribution in [0, 0.1) is 5.92 Å². The van der Waals surface area contributed by atoms with E-state index in [1.54, 1.807) is 31.6 Å². The van der Waals surface area contributed by atoms with E-state index >= 15 is 0 Å². The molecule has 0 radical (unpaired) electrons. The number of hydrogen-bond donors (Lipinski definition) is 0. The van der Waals surface area contributed by atoms with Gasteiger partial charge in [-0.2, -0.15) is 0 Å². The molecule has 0 aliphatic carbocycles. The topological polar surface area (TPSA) is 58.6 Å². The number of amides is 1. The van der Waals surface area contributed by atoms with E-state index in [1.165, 1.54) is 5.56 Å². The zero-order valence-electron chi connectivity index (χ0n) is 15.5. The van der Waals surface area contributed by atoms with Gasteiger partial charge in [-0.1, -0.05) is 6.07 Å². The summed E-state index contributed by atoms with van der Waals surface area (Å²) in [6, 6.07) is 7.57. The van der Waals surface area contributed by atoms with Crippen LogP contribution in [0.2, 0.25) is 0 Å². The van der Waals surface area contributed by atoms with Crippen molar-refractivity contribution >= 4 is 5.91 Å². The summed E-state index contributed by atoms with van der Waals surface area (Å²) >= 11 is 0. The normalized spacial score (nSPS) is 17.3. The first-order chi connectivity index (χ1) is 12.7. The number of carbonyl (C=O) groups is 1. The summed E-state index contributed by atoms with van der Waals surface area (Å²) in [6.07, 6.45) is 7.48. The first kappa shape index (κ1) is 18.3. The molecule has 1 atom stereocenters. The molecule has 26 heavy (non-hydrogen) atoms. The molecule has 1 aliphatic heterocycles. The zero-order chi connectivity index (χ0) is 18.4. The van der Waals surface area contributed by atoms with Gasteiger partial charge in [0.15, 0.2) is 0 Å². The second kappa shape index (κ2) is 8.76. The van der Waals surface area contributed by atoms with Crippen LogP contribution in [0.15, 0.2) is 42.9 Å². The number of pyridine rings is 2. The Bertz CT molecular complexity index is 706. The lowest BCUT2D eigenvalue weighted by Gasteiger charge is -2.34. The summed E-state index contributed by atoms with van der Waals surface area (Å²) in [6.45, 7) is 3.42. The number of piperidine rings is 1. The second-order valence-electron chi connectivity index (χ2n) is 6.90. The summed E-state index contributed by atoms with van der Waals surface area (Å²) in [5.74, 6) is 1.15. The highest BCUT2D eigenvalue weighted by molar-refractivity contribution is 5.92. The van der Waals surface area contributed by atoms with Crippen LogP contribution in [0.3, 0.4) is 0 Å². The lowest BCUT2D eigenvalue weighted by atomic mass is 9.97. The van der Waals surface area contributed by atoms with E-state index in [1.807, 2.05) is 17.2 Å². The molecule has 2 aromatic heterocycles. The van der Waals surface area contributed by atoms with Crippen LogP contribution >= 0.6 is 0 Å². The van der Waals surface area contributed by atoms with E-state index in [0.717, 1.165) is 39.0 Å². The maximum atomic E-state index is 12.7. The highest BCUT2D eigenvalue weighted by atomic mass is 16.5. The number of nitrogens with zero attached hydrogens (tertiary/aromatic N) is 4. The van der Waals surface area contributed by atoms with Gasteiger partial charge in [-0.25, -0.2) is 4.98 Å². The fraction of sp³-hybridized carbons (Fsp3) is 0.450. The average Bonchev–Trinajstić information content (AvgIpc) is 2.68. The summed E-state index contributed by atoms with van der Waals surface area (Å²) in [7, 11) is 3.72. The largest absolute Gasteiger partial charge is 0.495 e. The van der Waals surface area contributed by atoms with Crippen molar-refractivity contribution in [1.29, 1.82) is 0 Å². The standard InChI is InChI=1S/C20H26N4O2/c1-23(13-16-5-3-9-21-11-16)14-17-6-4-10-24(15-17)20(25)19-8-7-18(26-2)12-22-19/h3,5,7-9,11-12,17H,4,6,10,13-15H2,1-2H3. The fourth-order valence-corrected chi connectivity index (χ4v) is 3.50. The van der Waals surface area contributed by atoms with Crippen LogP contribution in [0.4, 0.5) is 0 Å². The van der Waals surface area contributed by atoms with Gasteiger partial charge in [0.1, 0.15) is 11.4 Å². The van der Waals surface area contributed by atoms with Gasteiger partial charge in [-0.3, -0.25) is 9.78 Å². The first-order valence-corrected chi connectivity index (χ1v) is 9.02. The molecule has 0 N–H and O–H groups in total. The Hall–Kier alpha value is -2.47. The van der Waals surface area contributed by atoms with Gasteiger partial charge < -0.3 is 14.5 Å². The Morgan fingerprint density at radius 2 is 2.23 bits per heavy atom. The van der Waals surface area contributed by atoms with Crippen LogP contribution < -0.4 is 4.74 Å². The Labute approximate surface area is 154 Å². The molecule has 138 valence electrons. The van der Waals surface area contributed by atoms with Crippen LogP contribution in [0.1, 0.15) is 28.9 Å². The predicted molar refractivity (Wildman–Crippen MR) is 100.0 cm³/mol. The van der Waals surface area contributed by atoms with Gasteiger partial charge in [0.2, 0.25) is 0 Å². The lowest BCUT2D eigenvalue weighted by Crippen LogP contribution is -2.43. The molecule has 3 heterocycles. The Morgan fingerprint density at radius 1 is 1.35 bits per heavy atom. The van der Waals surface area contributed by atoms with Crippen molar-refractivity contribution in [2.24, 2.45) is 5.92 Å². The zero-order valence-corrected chi connectivity index (χ0v) is 15.5. The molecule has 0 aromatic carbocycles. The minimum Gasteiger partial charge on any atom is -0.495 e. The minimum absolute atomic E-state index is 0.00673. The van der Waals surface area contributed by atoms with E-state index in [4.69, 9.17) is 4.74 Å². The molecule has 1 unspecified atom stereocenters. The fourth-order valence-electron chi connectivity index (χ4n) is 3.50. The number of ether oxygens (including phenoxy) is 1. The molecule has 0 bridgehead atoms. The van der Waals surface area contributed by atoms with Gasteiger partial charge in [0, 0.05) is 38.6 Å². The third-order valence-corrected chi connectivity index (χ3v) is 4.74. The molecule has 3 rings (SSSR count). The van der Waals surface area contributed by atoms with E-state index in [0.29, 0.717) is 17.4 Å². The Kier molecular flexibility index (Phi) is 6.17. The number of likely N-dealkylation sites (tertiary alicyclic amines) is 1. The van der Waals surface area contributed by atoms with Crippen molar-refractivity contribution in [3.63, 3.8) is 0 Å². The second-order valence-corrected chi connectivity index (χ2v) is 6.90. The summed E-state index contributed by atoms with van der Waals surface area (Å²) < 4.78 is 5.11. The molecule has 1 amide bonds. The monoisotopic (exact) mass is 354 g/mol. The smallest absolute Gasteiger partial charge is 0.272 e. The number of aromatic nitrogens is 2. The van der Waals surface area contributed by atoms with Crippen LogP contribution in [-0.2, 0) is 6.54 Å². The average molecular weight is 354 g/mol. The quantitative estimate of drug-likeness (QED) is 0.798. The molecule has 6 heteroatoms. The van der Waals surface area contributed by atoms with Gasteiger partial charge >= 0.3 is 0 Å². The number of rotatable bonds is 6. The molecule has 6 nitrogen and oxygen atoms in total. The first-order valence-electron chi connectivity index (χ1n) is 9.02. The van der Waals surface area contributed by atoms with Gasteiger partial charge in [0.25, 0.3) is 5.91 Å². The third-order valence-electron chi connectivity index (χ3n) is 4.74.